The van der Waals surface area contributed by atoms with Crippen LogP contribution in [0.2, 0.25) is 0 Å². The quantitative estimate of drug-likeness (QED) is 0.762. The SMILES string of the molecule is Cc1[nH]ncc1CNS(=O)(=O)c1ccc(CO)cc1F. The smallest absolute Gasteiger partial charge is 0.243 e. The first kappa shape index (κ1) is 14.6. The Bertz CT molecular complexity index is 712. The Balaban J connectivity index is 2.20. The number of aryl methyl sites for hydroxylation is 1. The topological polar surface area (TPSA) is 95.1 Å². The minimum absolute atomic E-state index is 0.0197. The first-order valence-corrected chi connectivity index (χ1v) is 7.30. The van der Waals surface area contributed by atoms with Gasteiger partial charge in [0.2, 0.25) is 10.0 Å². The lowest BCUT2D eigenvalue weighted by Gasteiger charge is -2.08. The predicted octanol–water partition coefficient (Wildman–Crippen LogP) is 0.828. The van der Waals surface area contributed by atoms with Crippen molar-refractivity contribution in [2.75, 3.05) is 0 Å². The molecule has 0 saturated heterocycles. The second kappa shape index (κ2) is 5.70. The molecular formula is C12H14FN3O3S. The van der Waals surface area contributed by atoms with Crippen LogP contribution in [0.15, 0.2) is 29.3 Å². The highest BCUT2D eigenvalue weighted by atomic mass is 32.2. The number of benzene rings is 1. The second-order valence-electron chi connectivity index (χ2n) is 4.27. The normalized spacial score (nSPS) is 11.8. The molecule has 1 heterocycles. The van der Waals surface area contributed by atoms with Gasteiger partial charge >= 0.3 is 0 Å². The lowest BCUT2D eigenvalue weighted by atomic mass is 10.2. The Morgan fingerprint density at radius 3 is 2.75 bits per heavy atom. The maximum atomic E-state index is 13.7. The molecule has 0 aliphatic carbocycles. The van der Waals surface area contributed by atoms with Crippen LogP contribution in [-0.2, 0) is 23.2 Å². The van der Waals surface area contributed by atoms with E-state index in [4.69, 9.17) is 5.11 Å². The number of nitrogens with zero attached hydrogens (tertiary/aromatic N) is 1. The number of H-pyrrole nitrogens is 1. The van der Waals surface area contributed by atoms with Gasteiger partial charge in [-0.25, -0.2) is 17.5 Å². The Morgan fingerprint density at radius 2 is 2.20 bits per heavy atom. The van der Waals surface area contributed by atoms with Crippen LogP contribution in [0.1, 0.15) is 16.8 Å². The van der Waals surface area contributed by atoms with Gasteiger partial charge in [-0.15, -0.1) is 0 Å². The molecule has 3 N–H and O–H groups in total. The number of aliphatic hydroxyl groups excluding tert-OH is 1. The first-order chi connectivity index (χ1) is 9.44. The van der Waals surface area contributed by atoms with Crippen LogP contribution in [0, 0.1) is 12.7 Å². The Morgan fingerprint density at radius 1 is 1.45 bits per heavy atom. The molecule has 1 aromatic heterocycles. The Kier molecular flexibility index (Phi) is 4.17. The van der Waals surface area contributed by atoms with E-state index in [0.717, 1.165) is 17.8 Å². The maximum Gasteiger partial charge on any atom is 0.243 e. The van der Waals surface area contributed by atoms with Crippen LogP contribution in [-0.4, -0.2) is 23.7 Å². The number of nitrogens with one attached hydrogen (secondary N) is 2. The average Bonchev–Trinajstić information content (AvgIpc) is 2.81. The average molecular weight is 299 g/mol. The molecule has 0 bridgehead atoms. The number of aromatic amines is 1. The molecular weight excluding hydrogens is 285 g/mol. The fourth-order valence-electron chi connectivity index (χ4n) is 1.67. The fourth-order valence-corrected chi connectivity index (χ4v) is 2.73. The third-order valence-corrected chi connectivity index (χ3v) is 4.29. The van der Waals surface area contributed by atoms with Crippen LogP contribution < -0.4 is 4.72 Å². The van der Waals surface area contributed by atoms with Gasteiger partial charge < -0.3 is 5.11 Å². The van der Waals surface area contributed by atoms with E-state index in [2.05, 4.69) is 14.9 Å². The summed E-state index contributed by atoms with van der Waals surface area (Å²) in [6.45, 7) is 1.43. The minimum atomic E-state index is -3.96. The number of halogens is 1. The van der Waals surface area contributed by atoms with Gasteiger partial charge in [0.05, 0.1) is 12.8 Å². The number of rotatable bonds is 5. The van der Waals surface area contributed by atoms with E-state index in [9.17, 15) is 12.8 Å². The molecule has 0 aliphatic rings. The highest BCUT2D eigenvalue weighted by Crippen LogP contribution is 2.16. The number of aromatic nitrogens is 2. The van der Waals surface area contributed by atoms with Crippen molar-refractivity contribution in [1.29, 1.82) is 0 Å². The standard InChI is InChI=1S/C12H14FN3O3S/c1-8-10(5-14-16-8)6-15-20(18,19)12-3-2-9(7-17)4-11(12)13/h2-5,15,17H,6-7H2,1H3,(H,14,16). The van der Waals surface area contributed by atoms with Crippen LogP contribution >= 0.6 is 0 Å². The summed E-state index contributed by atoms with van der Waals surface area (Å²) in [5, 5.41) is 15.3. The number of hydrogen-bond donors (Lipinski definition) is 3. The van der Waals surface area contributed by atoms with E-state index in [1.54, 1.807) is 6.92 Å². The van der Waals surface area contributed by atoms with Crippen molar-refractivity contribution in [1.82, 2.24) is 14.9 Å². The molecule has 2 rings (SSSR count). The van der Waals surface area contributed by atoms with E-state index >= 15 is 0 Å². The monoisotopic (exact) mass is 299 g/mol. The van der Waals surface area contributed by atoms with E-state index in [1.807, 2.05) is 0 Å². The Hall–Kier alpha value is -1.77. The summed E-state index contributed by atoms with van der Waals surface area (Å²) < 4.78 is 40.1. The second-order valence-corrected chi connectivity index (χ2v) is 6.00. The minimum Gasteiger partial charge on any atom is -0.392 e. The zero-order valence-electron chi connectivity index (χ0n) is 10.7. The molecule has 20 heavy (non-hydrogen) atoms. The molecule has 0 fully saturated rings. The third-order valence-electron chi connectivity index (χ3n) is 2.86. The molecule has 108 valence electrons. The van der Waals surface area contributed by atoms with E-state index in [1.165, 1.54) is 12.3 Å². The molecule has 1 aromatic carbocycles. The first-order valence-electron chi connectivity index (χ1n) is 5.82. The van der Waals surface area contributed by atoms with Crippen LogP contribution in [0.25, 0.3) is 0 Å². The molecule has 0 saturated carbocycles. The van der Waals surface area contributed by atoms with Gasteiger partial charge in [0.25, 0.3) is 0 Å². The molecule has 0 spiro atoms. The molecule has 2 aromatic rings. The zero-order valence-corrected chi connectivity index (χ0v) is 11.5. The van der Waals surface area contributed by atoms with E-state index in [0.29, 0.717) is 11.1 Å². The van der Waals surface area contributed by atoms with Crippen molar-refractivity contribution in [3.05, 3.63) is 47.0 Å². The fraction of sp³-hybridized carbons (Fsp3) is 0.250. The highest BCUT2D eigenvalue weighted by Gasteiger charge is 2.19. The van der Waals surface area contributed by atoms with Gasteiger partial charge in [-0.05, 0) is 24.6 Å². The van der Waals surface area contributed by atoms with Crippen molar-refractivity contribution in [2.45, 2.75) is 25.0 Å². The van der Waals surface area contributed by atoms with Crippen molar-refractivity contribution < 1.29 is 17.9 Å². The molecule has 0 radical (unpaired) electrons. The van der Waals surface area contributed by atoms with Gasteiger partial charge in [-0.3, -0.25) is 5.10 Å². The predicted molar refractivity (Wildman–Crippen MR) is 69.7 cm³/mol. The van der Waals surface area contributed by atoms with Crippen molar-refractivity contribution in [3.8, 4) is 0 Å². The highest BCUT2D eigenvalue weighted by molar-refractivity contribution is 7.89. The number of hydrogen-bond acceptors (Lipinski definition) is 4. The van der Waals surface area contributed by atoms with Gasteiger partial charge in [0.1, 0.15) is 10.7 Å². The third kappa shape index (κ3) is 3.03. The van der Waals surface area contributed by atoms with Crippen molar-refractivity contribution >= 4 is 10.0 Å². The van der Waals surface area contributed by atoms with Gasteiger partial charge in [-0.1, -0.05) is 6.07 Å². The molecule has 8 heteroatoms. The molecule has 0 aliphatic heterocycles. The summed E-state index contributed by atoms with van der Waals surface area (Å²) in [5.41, 5.74) is 1.73. The molecule has 6 nitrogen and oxygen atoms in total. The van der Waals surface area contributed by atoms with Crippen LogP contribution in [0.4, 0.5) is 4.39 Å². The zero-order chi connectivity index (χ0) is 14.8. The van der Waals surface area contributed by atoms with E-state index < -0.39 is 20.7 Å². The maximum absolute atomic E-state index is 13.7. The summed E-state index contributed by atoms with van der Waals surface area (Å²) >= 11 is 0. The number of sulfonamides is 1. The molecule has 0 amide bonds. The van der Waals surface area contributed by atoms with Gasteiger partial charge in [0.15, 0.2) is 0 Å². The summed E-state index contributed by atoms with van der Waals surface area (Å²) in [6.07, 6.45) is 1.50. The number of aliphatic hydroxyl groups is 1. The summed E-state index contributed by atoms with van der Waals surface area (Å²) in [7, 11) is -3.96. The lowest BCUT2D eigenvalue weighted by molar-refractivity contribution is 0.281. The Labute approximate surface area is 115 Å². The summed E-state index contributed by atoms with van der Waals surface area (Å²) in [4.78, 5) is -0.448. The summed E-state index contributed by atoms with van der Waals surface area (Å²) in [5.74, 6) is -0.895. The van der Waals surface area contributed by atoms with Crippen molar-refractivity contribution in [3.63, 3.8) is 0 Å². The molecule has 0 unspecified atom stereocenters. The van der Waals surface area contributed by atoms with E-state index in [-0.39, 0.29) is 13.2 Å². The van der Waals surface area contributed by atoms with Crippen LogP contribution in [0.3, 0.4) is 0 Å². The van der Waals surface area contributed by atoms with Gasteiger partial charge in [0, 0.05) is 17.8 Å². The lowest BCUT2D eigenvalue weighted by Crippen LogP contribution is -2.24. The van der Waals surface area contributed by atoms with Gasteiger partial charge in [-0.2, -0.15) is 5.10 Å². The van der Waals surface area contributed by atoms with Crippen LogP contribution in [0.5, 0.6) is 0 Å². The molecule has 0 atom stereocenters. The summed E-state index contributed by atoms with van der Waals surface area (Å²) in [6, 6.07) is 3.49. The largest absolute Gasteiger partial charge is 0.392 e. The van der Waals surface area contributed by atoms with Crippen molar-refractivity contribution in [2.24, 2.45) is 0 Å².